The van der Waals surface area contributed by atoms with Crippen LogP contribution in [0.2, 0.25) is 0 Å². The summed E-state index contributed by atoms with van der Waals surface area (Å²) in [6, 6.07) is 13.7. The van der Waals surface area contributed by atoms with Crippen LogP contribution in [0.25, 0.3) is 16.9 Å². The van der Waals surface area contributed by atoms with E-state index >= 15 is 0 Å². The van der Waals surface area contributed by atoms with E-state index in [1.165, 1.54) is 18.5 Å². The van der Waals surface area contributed by atoms with Crippen molar-refractivity contribution in [3.05, 3.63) is 67.0 Å². The summed E-state index contributed by atoms with van der Waals surface area (Å²) in [4.78, 5) is 12.8. The fraction of sp³-hybridized carbons (Fsp3) is 0. The number of hydrogen-bond donors (Lipinski definition) is 2. The second-order valence-electron chi connectivity index (χ2n) is 5.19. The summed E-state index contributed by atoms with van der Waals surface area (Å²) in [5, 5.41) is 3.07. The molecule has 118 valence electrons. The maximum atomic E-state index is 13.0. The number of nitrogens with two attached hydrogens (primary N) is 1. The van der Waals surface area contributed by atoms with Crippen LogP contribution in [-0.4, -0.2) is 19.5 Å². The molecule has 0 atom stereocenters. The Kier molecular flexibility index (Phi) is 3.31. The largest absolute Gasteiger partial charge is 0.393 e. The predicted molar refractivity (Wildman–Crippen MR) is 90.8 cm³/mol. The lowest BCUT2D eigenvalue weighted by Crippen LogP contribution is -2.07. The van der Waals surface area contributed by atoms with Gasteiger partial charge < -0.3 is 11.1 Å². The maximum Gasteiger partial charge on any atom is 0.167 e. The standard InChI is InChI=1S/C17H13FN6/c18-11-5-7-12(8-6-11)23-16-15(19)17(21-9-20-16)24-10-22-13-3-1-2-4-14(13)24/h1-10H,19H2,(H,20,21,23). The first-order chi connectivity index (χ1) is 11.7. The Morgan fingerprint density at radius 1 is 0.958 bits per heavy atom. The molecule has 0 saturated carbocycles. The van der Waals surface area contributed by atoms with Crippen LogP contribution in [0.4, 0.5) is 21.6 Å². The predicted octanol–water partition coefficient (Wildman–Crippen LogP) is 3.28. The Morgan fingerprint density at radius 3 is 2.58 bits per heavy atom. The van der Waals surface area contributed by atoms with Crippen molar-refractivity contribution in [2.45, 2.75) is 0 Å². The Bertz CT molecular complexity index is 1010. The van der Waals surface area contributed by atoms with E-state index in [4.69, 9.17) is 5.73 Å². The minimum atomic E-state index is -0.304. The molecule has 7 heteroatoms. The van der Waals surface area contributed by atoms with Crippen LogP contribution in [-0.2, 0) is 0 Å². The number of hydrogen-bond acceptors (Lipinski definition) is 5. The van der Waals surface area contributed by atoms with Gasteiger partial charge in [0.2, 0.25) is 0 Å². The molecule has 4 aromatic rings. The average molecular weight is 320 g/mol. The molecule has 24 heavy (non-hydrogen) atoms. The number of nitrogens with zero attached hydrogens (tertiary/aromatic N) is 4. The second kappa shape index (κ2) is 5.62. The molecule has 0 fully saturated rings. The molecule has 0 aliphatic rings. The first-order valence-corrected chi connectivity index (χ1v) is 7.28. The molecule has 0 bridgehead atoms. The number of aromatic nitrogens is 4. The zero-order chi connectivity index (χ0) is 16.5. The molecule has 3 N–H and O–H groups in total. The van der Waals surface area contributed by atoms with Crippen LogP contribution < -0.4 is 11.1 Å². The van der Waals surface area contributed by atoms with Gasteiger partial charge in [0.05, 0.1) is 11.0 Å². The van der Waals surface area contributed by atoms with Crippen molar-refractivity contribution >= 4 is 28.2 Å². The normalized spacial score (nSPS) is 10.9. The summed E-state index contributed by atoms with van der Waals surface area (Å²) >= 11 is 0. The molecule has 2 aromatic carbocycles. The molecule has 0 aliphatic carbocycles. The number of nitrogens with one attached hydrogen (secondary N) is 1. The molecule has 6 nitrogen and oxygen atoms in total. The van der Waals surface area contributed by atoms with Crippen molar-refractivity contribution in [3.63, 3.8) is 0 Å². The van der Waals surface area contributed by atoms with Crippen molar-refractivity contribution in [3.8, 4) is 5.82 Å². The molecule has 0 radical (unpaired) electrons. The van der Waals surface area contributed by atoms with E-state index < -0.39 is 0 Å². The van der Waals surface area contributed by atoms with E-state index in [1.807, 2.05) is 28.8 Å². The third-order valence-corrected chi connectivity index (χ3v) is 3.65. The zero-order valence-electron chi connectivity index (χ0n) is 12.5. The van der Waals surface area contributed by atoms with Crippen LogP contribution in [0.15, 0.2) is 61.2 Å². The topological polar surface area (TPSA) is 81.6 Å². The summed E-state index contributed by atoms with van der Waals surface area (Å²) in [5.41, 5.74) is 9.05. The summed E-state index contributed by atoms with van der Waals surface area (Å²) < 4.78 is 14.8. The molecule has 2 aromatic heterocycles. The van der Waals surface area contributed by atoms with Crippen LogP contribution >= 0.6 is 0 Å². The lowest BCUT2D eigenvalue weighted by atomic mass is 10.3. The first-order valence-electron chi connectivity index (χ1n) is 7.28. The third kappa shape index (κ3) is 2.41. The maximum absolute atomic E-state index is 13.0. The molecule has 2 heterocycles. The molecule has 0 aliphatic heterocycles. The van der Waals surface area contributed by atoms with Crippen LogP contribution in [0.5, 0.6) is 0 Å². The molecular weight excluding hydrogens is 307 g/mol. The minimum absolute atomic E-state index is 0.304. The van der Waals surface area contributed by atoms with Crippen molar-refractivity contribution in [2.24, 2.45) is 0 Å². The molecule has 0 unspecified atom stereocenters. The highest BCUT2D eigenvalue weighted by Crippen LogP contribution is 2.27. The lowest BCUT2D eigenvalue weighted by Gasteiger charge is -2.12. The van der Waals surface area contributed by atoms with Crippen LogP contribution in [0, 0.1) is 5.82 Å². The first kappa shape index (κ1) is 14.1. The van der Waals surface area contributed by atoms with Gasteiger partial charge in [-0.2, -0.15) is 0 Å². The van der Waals surface area contributed by atoms with E-state index in [-0.39, 0.29) is 5.82 Å². The highest BCUT2D eigenvalue weighted by molar-refractivity contribution is 5.81. The smallest absolute Gasteiger partial charge is 0.167 e. The van der Waals surface area contributed by atoms with Gasteiger partial charge in [-0.05, 0) is 36.4 Å². The zero-order valence-corrected chi connectivity index (χ0v) is 12.5. The van der Waals surface area contributed by atoms with E-state index in [2.05, 4.69) is 20.3 Å². The molecule has 4 rings (SSSR count). The highest BCUT2D eigenvalue weighted by Gasteiger charge is 2.12. The van der Waals surface area contributed by atoms with E-state index in [0.717, 1.165) is 11.0 Å². The van der Waals surface area contributed by atoms with Gasteiger partial charge in [-0.25, -0.2) is 19.3 Å². The molecular formula is C17H13FN6. The van der Waals surface area contributed by atoms with Crippen molar-refractivity contribution < 1.29 is 4.39 Å². The Labute approximate surface area is 136 Å². The number of fused-ring (bicyclic) bond motifs is 1. The van der Waals surface area contributed by atoms with Crippen molar-refractivity contribution in [1.82, 2.24) is 19.5 Å². The summed E-state index contributed by atoms with van der Waals surface area (Å²) in [6.07, 6.45) is 3.09. The number of nitrogen functional groups attached to an aromatic ring is 1. The van der Waals surface area contributed by atoms with E-state index in [1.54, 1.807) is 18.5 Å². The van der Waals surface area contributed by atoms with Gasteiger partial charge in [-0.15, -0.1) is 0 Å². The van der Waals surface area contributed by atoms with E-state index in [9.17, 15) is 4.39 Å². The van der Waals surface area contributed by atoms with Gasteiger partial charge in [0, 0.05) is 5.69 Å². The number of benzene rings is 2. The fourth-order valence-corrected chi connectivity index (χ4v) is 2.48. The minimum Gasteiger partial charge on any atom is -0.393 e. The summed E-state index contributed by atoms with van der Waals surface area (Å²) in [6.45, 7) is 0. The number of anilines is 3. The summed E-state index contributed by atoms with van der Waals surface area (Å²) in [7, 11) is 0. The Balaban J connectivity index is 1.77. The van der Waals surface area contributed by atoms with Gasteiger partial charge in [-0.3, -0.25) is 4.57 Å². The SMILES string of the molecule is Nc1c(Nc2ccc(F)cc2)ncnc1-n1cnc2ccccc21. The van der Waals surface area contributed by atoms with E-state index in [0.29, 0.717) is 23.0 Å². The average Bonchev–Trinajstić information content (AvgIpc) is 3.03. The van der Waals surface area contributed by atoms with Gasteiger partial charge in [0.15, 0.2) is 11.6 Å². The third-order valence-electron chi connectivity index (χ3n) is 3.65. The van der Waals surface area contributed by atoms with Crippen molar-refractivity contribution in [2.75, 3.05) is 11.1 Å². The fourth-order valence-electron chi connectivity index (χ4n) is 2.48. The summed E-state index contributed by atoms with van der Waals surface area (Å²) in [5.74, 6) is 0.675. The Hall–Kier alpha value is -3.48. The van der Waals surface area contributed by atoms with Crippen molar-refractivity contribution in [1.29, 1.82) is 0 Å². The number of para-hydroxylation sites is 2. The molecule has 0 spiro atoms. The second-order valence-corrected chi connectivity index (χ2v) is 5.19. The number of halogens is 1. The number of imidazole rings is 1. The Morgan fingerprint density at radius 2 is 1.75 bits per heavy atom. The van der Waals surface area contributed by atoms with Gasteiger partial charge in [-0.1, -0.05) is 12.1 Å². The van der Waals surface area contributed by atoms with Gasteiger partial charge in [0.25, 0.3) is 0 Å². The van der Waals surface area contributed by atoms with Crippen LogP contribution in [0.1, 0.15) is 0 Å². The number of rotatable bonds is 3. The van der Waals surface area contributed by atoms with Gasteiger partial charge in [0.1, 0.15) is 24.2 Å². The van der Waals surface area contributed by atoms with Crippen LogP contribution in [0.3, 0.4) is 0 Å². The molecule has 0 amide bonds. The highest BCUT2D eigenvalue weighted by atomic mass is 19.1. The quantitative estimate of drug-likeness (QED) is 0.605. The lowest BCUT2D eigenvalue weighted by molar-refractivity contribution is 0.628. The van der Waals surface area contributed by atoms with Gasteiger partial charge >= 0.3 is 0 Å². The monoisotopic (exact) mass is 320 g/mol. The molecule has 0 saturated heterocycles.